The van der Waals surface area contributed by atoms with Crippen LogP contribution in [0.15, 0.2) is 91.1 Å². The summed E-state index contributed by atoms with van der Waals surface area (Å²) in [6, 6.07) is 25.7. The molecule has 1 saturated heterocycles. The van der Waals surface area contributed by atoms with Crippen LogP contribution < -0.4 is 14.4 Å². The van der Waals surface area contributed by atoms with Crippen molar-refractivity contribution in [2.45, 2.75) is 25.2 Å². The molecule has 2 aliphatic rings. The van der Waals surface area contributed by atoms with Crippen molar-refractivity contribution < 1.29 is 23.8 Å². The Hall–Kier alpha value is -4.85. The smallest absolute Gasteiger partial charge is 0.412 e. The van der Waals surface area contributed by atoms with Gasteiger partial charge in [-0.2, -0.15) is 0 Å². The minimum absolute atomic E-state index is 0.0939. The number of ether oxygens (including phenoxy) is 3. The first-order valence-electron chi connectivity index (χ1n) is 12.7. The lowest BCUT2D eigenvalue weighted by atomic mass is 9.95. The average Bonchev–Trinajstić information content (AvgIpc) is 3.28. The van der Waals surface area contributed by atoms with Crippen molar-refractivity contribution in [3.8, 4) is 22.8 Å². The summed E-state index contributed by atoms with van der Waals surface area (Å²) < 4.78 is 16.9. The van der Waals surface area contributed by atoms with E-state index in [1.165, 1.54) is 0 Å². The zero-order valence-electron chi connectivity index (χ0n) is 21.6. The molecule has 0 spiro atoms. The number of aromatic nitrogens is 1. The molecule has 0 saturated carbocycles. The zero-order valence-corrected chi connectivity index (χ0v) is 21.6. The number of carbonyl (C=O) groups excluding carboxylic acids is 2. The molecule has 2 aliphatic heterocycles. The predicted octanol–water partition coefficient (Wildman–Crippen LogP) is 5.37. The molecule has 8 heteroatoms. The van der Waals surface area contributed by atoms with Gasteiger partial charge in [-0.3, -0.25) is 19.6 Å². The van der Waals surface area contributed by atoms with E-state index in [0.717, 1.165) is 22.3 Å². The summed E-state index contributed by atoms with van der Waals surface area (Å²) in [5.41, 5.74) is 4.54. The summed E-state index contributed by atoms with van der Waals surface area (Å²) in [7, 11) is 3.12. The van der Waals surface area contributed by atoms with E-state index in [-0.39, 0.29) is 12.5 Å². The second-order valence-corrected chi connectivity index (χ2v) is 9.40. The Kier molecular flexibility index (Phi) is 6.36. The van der Waals surface area contributed by atoms with Gasteiger partial charge in [0, 0.05) is 29.8 Å². The van der Waals surface area contributed by atoms with Gasteiger partial charge >= 0.3 is 6.09 Å². The third-order valence-corrected chi connectivity index (χ3v) is 7.19. The summed E-state index contributed by atoms with van der Waals surface area (Å²) >= 11 is 0. The quantitative estimate of drug-likeness (QED) is 0.339. The van der Waals surface area contributed by atoms with Gasteiger partial charge in [-0.05, 0) is 23.3 Å². The second kappa shape index (κ2) is 10.1. The number of carbonyl (C=O) groups is 2. The molecule has 2 amide bonds. The van der Waals surface area contributed by atoms with Crippen LogP contribution in [-0.2, 0) is 22.6 Å². The molecule has 0 bridgehead atoms. The highest BCUT2D eigenvalue weighted by Gasteiger charge is 2.54. The summed E-state index contributed by atoms with van der Waals surface area (Å²) in [5.74, 6) is 0.799. The minimum atomic E-state index is -0.784. The molecule has 0 aliphatic carbocycles. The number of hydrogen-bond donors (Lipinski definition) is 0. The van der Waals surface area contributed by atoms with E-state index < -0.39 is 18.3 Å². The van der Waals surface area contributed by atoms with Crippen LogP contribution in [-0.4, -0.2) is 42.1 Å². The van der Waals surface area contributed by atoms with Gasteiger partial charge in [0.2, 0.25) is 0 Å². The maximum Gasteiger partial charge on any atom is 0.412 e. The van der Waals surface area contributed by atoms with Gasteiger partial charge in [-0.1, -0.05) is 66.7 Å². The van der Waals surface area contributed by atoms with Gasteiger partial charge < -0.3 is 14.2 Å². The first kappa shape index (κ1) is 24.5. The summed E-state index contributed by atoms with van der Waals surface area (Å²) in [4.78, 5) is 35.9. The number of fused-ring (bicyclic) bond motifs is 6. The number of benzene rings is 3. The van der Waals surface area contributed by atoms with Crippen LogP contribution in [0.5, 0.6) is 11.5 Å². The predicted molar refractivity (Wildman–Crippen MR) is 145 cm³/mol. The molecule has 1 aromatic heterocycles. The number of nitrogens with zero attached hydrogens (tertiary/aromatic N) is 3. The molecule has 196 valence electrons. The Morgan fingerprint density at radius 1 is 0.872 bits per heavy atom. The van der Waals surface area contributed by atoms with Crippen LogP contribution in [0.25, 0.3) is 11.3 Å². The first-order chi connectivity index (χ1) is 19.1. The highest BCUT2D eigenvalue weighted by molar-refractivity contribution is 6.08. The molecule has 8 nitrogen and oxygen atoms in total. The van der Waals surface area contributed by atoms with Crippen LogP contribution in [0.3, 0.4) is 0 Å². The average molecular weight is 522 g/mol. The van der Waals surface area contributed by atoms with Crippen LogP contribution in [0.2, 0.25) is 0 Å². The SMILES string of the molecule is COc1cc2c(cc1OC)N1C(=O)[C@H](Cc3ccccc3)N(C(=O)OCc3ccccc3)[C@@H]1c1cccnc1-2. The van der Waals surface area contributed by atoms with Crippen molar-refractivity contribution in [3.05, 3.63) is 108 Å². The highest BCUT2D eigenvalue weighted by atomic mass is 16.6. The summed E-state index contributed by atoms with van der Waals surface area (Å²) in [5, 5.41) is 0. The van der Waals surface area contributed by atoms with E-state index in [1.54, 1.807) is 36.3 Å². The van der Waals surface area contributed by atoms with E-state index in [9.17, 15) is 9.59 Å². The maximum atomic E-state index is 14.2. The Balaban J connectivity index is 1.47. The third kappa shape index (κ3) is 4.24. The number of anilines is 1. The largest absolute Gasteiger partial charge is 0.493 e. The Morgan fingerprint density at radius 2 is 1.54 bits per heavy atom. The maximum absolute atomic E-state index is 14.2. The molecule has 3 aromatic carbocycles. The first-order valence-corrected chi connectivity index (χ1v) is 12.7. The van der Waals surface area contributed by atoms with E-state index >= 15 is 0 Å². The van der Waals surface area contributed by atoms with Crippen LogP contribution >= 0.6 is 0 Å². The van der Waals surface area contributed by atoms with Crippen LogP contribution in [0, 0.1) is 0 Å². The van der Waals surface area contributed by atoms with Gasteiger partial charge in [0.05, 0.1) is 25.6 Å². The standard InChI is InChI=1S/C31H27N3O5/c1-37-26-17-23-24(18-27(26)38-2)33-29(22-14-9-15-32-28(22)23)34(31(36)39-19-21-12-7-4-8-13-21)25(30(33)35)16-20-10-5-3-6-11-20/h3-15,17-18,25,29H,16,19H2,1-2H3/t25-,29+/m0/s1. The Labute approximate surface area is 226 Å². The van der Waals surface area contributed by atoms with Crippen molar-refractivity contribution in [2.75, 3.05) is 19.1 Å². The number of methoxy groups -OCH3 is 2. The van der Waals surface area contributed by atoms with Crippen molar-refractivity contribution in [1.29, 1.82) is 0 Å². The number of pyridine rings is 1. The van der Waals surface area contributed by atoms with Crippen LogP contribution in [0.1, 0.15) is 22.9 Å². The normalized spacial score (nSPS) is 17.2. The van der Waals surface area contributed by atoms with E-state index in [2.05, 4.69) is 4.98 Å². The number of amides is 2. The number of rotatable bonds is 6. The van der Waals surface area contributed by atoms with E-state index in [4.69, 9.17) is 14.2 Å². The molecule has 0 radical (unpaired) electrons. The van der Waals surface area contributed by atoms with E-state index in [0.29, 0.717) is 29.3 Å². The van der Waals surface area contributed by atoms with Crippen molar-refractivity contribution in [3.63, 3.8) is 0 Å². The van der Waals surface area contributed by atoms with Gasteiger partial charge in [-0.25, -0.2) is 4.79 Å². The van der Waals surface area contributed by atoms with Gasteiger partial charge in [0.1, 0.15) is 18.8 Å². The van der Waals surface area contributed by atoms with Gasteiger partial charge in [-0.15, -0.1) is 0 Å². The molecule has 1 fully saturated rings. The minimum Gasteiger partial charge on any atom is -0.493 e. The Morgan fingerprint density at radius 3 is 2.23 bits per heavy atom. The molecular weight excluding hydrogens is 494 g/mol. The third-order valence-electron chi connectivity index (χ3n) is 7.19. The lowest BCUT2D eigenvalue weighted by molar-refractivity contribution is -0.119. The highest BCUT2D eigenvalue weighted by Crippen LogP contribution is 2.52. The van der Waals surface area contributed by atoms with Gasteiger partial charge in [0.15, 0.2) is 11.5 Å². The van der Waals surface area contributed by atoms with Crippen molar-refractivity contribution in [2.24, 2.45) is 0 Å². The molecule has 39 heavy (non-hydrogen) atoms. The Bertz CT molecular complexity index is 1530. The van der Waals surface area contributed by atoms with Gasteiger partial charge in [0.25, 0.3) is 5.91 Å². The molecule has 6 rings (SSSR count). The van der Waals surface area contributed by atoms with Crippen LogP contribution in [0.4, 0.5) is 10.5 Å². The molecule has 4 aromatic rings. The fourth-order valence-corrected chi connectivity index (χ4v) is 5.39. The lowest BCUT2D eigenvalue weighted by Crippen LogP contribution is -2.41. The molecule has 0 unspecified atom stereocenters. The number of hydrogen-bond acceptors (Lipinski definition) is 6. The monoisotopic (exact) mass is 521 g/mol. The molecule has 3 heterocycles. The molecule has 2 atom stereocenters. The topological polar surface area (TPSA) is 81.2 Å². The summed E-state index contributed by atoms with van der Waals surface area (Å²) in [6.07, 6.45) is 0.736. The fourth-order valence-electron chi connectivity index (χ4n) is 5.39. The fraction of sp³-hybridized carbons (Fsp3) is 0.194. The lowest BCUT2D eigenvalue weighted by Gasteiger charge is -2.36. The van der Waals surface area contributed by atoms with Crippen molar-refractivity contribution in [1.82, 2.24) is 9.88 Å². The molecular formula is C31H27N3O5. The van der Waals surface area contributed by atoms with Crippen molar-refractivity contribution >= 4 is 17.7 Å². The zero-order chi connectivity index (χ0) is 26.9. The second-order valence-electron chi connectivity index (χ2n) is 9.40. The van der Waals surface area contributed by atoms with E-state index in [1.807, 2.05) is 78.9 Å². The molecule has 0 N–H and O–H groups in total. The summed E-state index contributed by atoms with van der Waals surface area (Å²) in [6.45, 7) is 0.0939.